The fraction of sp³-hybridized carbons (Fsp3) is 0.273. The number of aryl methyl sites for hydroxylation is 1. The van der Waals surface area contributed by atoms with Gasteiger partial charge < -0.3 is 10.1 Å². The normalized spacial score (nSPS) is 10.7. The first kappa shape index (κ1) is 20.3. The third-order valence-corrected chi connectivity index (χ3v) is 4.44. The molecule has 0 saturated carbocycles. The van der Waals surface area contributed by atoms with Crippen LogP contribution in [0.1, 0.15) is 47.5 Å². The van der Waals surface area contributed by atoms with Crippen molar-refractivity contribution in [2.24, 2.45) is 0 Å². The average molecular weight is 393 g/mol. The summed E-state index contributed by atoms with van der Waals surface area (Å²) in [6.45, 7) is 4.47. The maximum absolute atomic E-state index is 13.0. The molecule has 0 radical (unpaired) electrons. The van der Waals surface area contributed by atoms with Gasteiger partial charge >= 0.3 is 5.97 Å². The molecular weight excluding hydrogens is 370 g/mol. The first-order chi connectivity index (χ1) is 14.0. The molecule has 0 fully saturated rings. The molecule has 1 amide bonds. The van der Waals surface area contributed by atoms with E-state index in [0.717, 1.165) is 12.8 Å². The molecule has 150 valence electrons. The fourth-order valence-electron chi connectivity index (χ4n) is 2.99. The molecule has 0 aliphatic carbocycles. The molecule has 7 nitrogen and oxygen atoms in total. The molecular formula is C22H23N3O4. The summed E-state index contributed by atoms with van der Waals surface area (Å²) in [5, 5.41) is 8.03. The second kappa shape index (κ2) is 9.14. The van der Waals surface area contributed by atoms with Crippen molar-refractivity contribution in [1.29, 1.82) is 0 Å². The number of fused-ring (bicyclic) bond motifs is 1. The van der Waals surface area contributed by atoms with E-state index in [1.54, 1.807) is 55.5 Å². The number of benzene rings is 2. The van der Waals surface area contributed by atoms with Crippen LogP contribution in [0.2, 0.25) is 0 Å². The lowest BCUT2D eigenvalue weighted by Crippen LogP contribution is -2.27. The van der Waals surface area contributed by atoms with E-state index in [1.165, 1.54) is 4.68 Å². The van der Waals surface area contributed by atoms with Crippen molar-refractivity contribution in [2.75, 3.05) is 11.9 Å². The second-order valence-electron chi connectivity index (χ2n) is 6.53. The molecule has 0 spiro atoms. The van der Waals surface area contributed by atoms with Gasteiger partial charge in [-0.15, -0.1) is 0 Å². The number of aromatic nitrogens is 2. The third kappa shape index (κ3) is 4.51. The van der Waals surface area contributed by atoms with E-state index in [-0.39, 0.29) is 17.9 Å². The van der Waals surface area contributed by atoms with Crippen LogP contribution < -0.4 is 10.9 Å². The van der Waals surface area contributed by atoms with Crippen molar-refractivity contribution < 1.29 is 14.3 Å². The van der Waals surface area contributed by atoms with Gasteiger partial charge in [-0.25, -0.2) is 9.48 Å². The smallest absolute Gasteiger partial charge is 0.338 e. The molecule has 1 heterocycles. The number of ether oxygens (including phenoxy) is 1. The number of carbonyl (C=O) groups excluding carboxylic acids is 2. The molecule has 1 aromatic heterocycles. The third-order valence-electron chi connectivity index (χ3n) is 4.44. The van der Waals surface area contributed by atoms with Crippen molar-refractivity contribution in [2.45, 2.75) is 33.2 Å². The van der Waals surface area contributed by atoms with Crippen molar-refractivity contribution in [1.82, 2.24) is 9.78 Å². The lowest BCUT2D eigenvalue weighted by Gasteiger charge is -2.11. The molecule has 0 saturated heterocycles. The van der Waals surface area contributed by atoms with Crippen LogP contribution in [0, 0.1) is 0 Å². The van der Waals surface area contributed by atoms with E-state index < -0.39 is 11.9 Å². The topological polar surface area (TPSA) is 90.3 Å². The Morgan fingerprint density at radius 1 is 1.07 bits per heavy atom. The average Bonchev–Trinajstić information content (AvgIpc) is 2.73. The minimum atomic E-state index is -0.458. The number of rotatable bonds is 7. The maximum Gasteiger partial charge on any atom is 0.338 e. The van der Waals surface area contributed by atoms with Gasteiger partial charge in [-0.05, 0) is 37.6 Å². The molecule has 0 aliphatic rings. The van der Waals surface area contributed by atoms with E-state index in [9.17, 15) is 14.4 Å². The van der Waals surface area contributed by atoms with E-state index in [1.807, 2.05) is 6.92 Å². The number of nitrogens with zero attached hydrogens (tertiary/aromatic N) is 2. The van der Waals surface area contributed by atoms with E-state index >= 15 is 0 Å². The first-order valence-corrected chi connectivity index (χ1v) is 9.63. The van der Waals surface area contributed by atoms with Crippen LogP contribution >= 0.6 is 0 Å². The number of amides is 1. The largest absolute Gasteiger partial charge is 0.462 e. The van der Waals surface area contributed by atoms with Crippen LogP contribution in [-0.4, -0.2) is 28.3 Å². The zero-order valence-corrected chi connectivity index (χ0v) is 16.5. The minimum absolute atomic E-state index is 0.165. The zero-order valence-electron chi connectivity index (χ0n) is 16.5. The Balaban J connectivity index is 1.97. The summed E-state index contributed by atoms with van der Waals surface area (Å²) < 4.78 is 6.34. The Bertz CT molecular complexity index is 1100. The quantitative estimate of drug-likeness (QED) is 0.619. The van der Waals surface area contributed by atoms with Crippen LogP contribution in [0.3, 0.4) is 0 Å². The van der Waals surface area contributed by atoms with Crippen molar-refractivity contribution in [3.8, 4) is 0 Å². The Labute approximate surface area is 168 Å². The van der Waals surface area contributed by atoms with Gasteiger partial charge in [0.25, 0.3) is 11.5 Å². The van der Waals surface area contributed by atoms with Gasteiger partial charge in [-0.3, -0.25) is 9.59 Å². The highest BCUT2D eigenvalue weighted by molar-refractivity contribution is 6.11. The number of hydrogen-bond acceptors (Lipinski definition) is 5. The molecule has 1 N–H and O–H groups in total. The first-order valence-electron chi connectivity index (χ1n) is 9.63. The molecule has 29 heavy (non-hydrogen) atoms. The summed E-state index contributed by atoms with van der Waals surface area (Å²) in [5.74, 6) is -0.909. The van der Waals surface area contributed by atoms with E-state index in [2.05, 4.69) is 10.4 Å². The summed E-state index contributed by atoms with van der Waals surface area (Å²) in [6.07, 6.45) is 1.69. The van der Waals surface area contributed by atoms with Crippen LogP contribution in [0.15, 0.2) is 53.3 Å². The number of anilines is 1. The Hall–Kier alpha value is -3.48. The summed E-state index contributed by atoms with van der Waals surface area (Å²) in [7, 11) is 0. The van der Waals surface area contributed by atoms with Gasteiger partial charge in [-0.2, -0.15) is 5.10 Å². The molecule has 3 aromatic rings. The number of nitrogens with one attached hydrogen (secondary N) is 1. The fourth-order valence-corrected chi connectivity index (χ4v) is 2.99. The SMILES string of the molecule is CCCCn1nc(C(=O)Nc2cccc(C(=O)OCC)c2)c2ccccc2c1=O. The summed E-state index contributed by atoms with van der Waals surface area (Å²) in [5.41, 5.74) is 0.737. The summed E-state index contributed by atoms with van der Waals surface area (Å²) in [4.78, 5) is 37.6. The van der Waals surface area contributed by atoms with E-state index in [0.29, 0.717) is 28.6 Å². The number of esters is 1. The highest BCUT2D eigenvalue weighted by Crippen LogP contribution is 2.17. The van der Waals surface area contributed by atoms with Crippen molar-refractivity contribution in [3.05, 3.63) is 70.1 Å². The number of hydrogen-bond donors (Lipinski definition) is 1. The van der Waals surface area contributed by atoms with Gasteiger partial charge in [-0.1, -0.05) is 37.6 Å². The van der Waals surface area contributed by atoms with Crippen LogP contribution in [0.5, 0.6) is 0 Å². The van der Waals surface area contributed by atoms with Gasteiger partial charge in [0.2, 0.25) is 0 Å². The molecule has 3 rings (SSSR count). The van der Waals surface area contributed by atoms with Crippen molar-refractivity contribution >= 4 is 28.3 Å². The lowest BCUT2D eigenvalue weighted by molar-refractivity contribution is 0.0526. The second-order valence-corrected chi connectivity index (χ2v) is 6.53. The van der Waals surface area contributed by atoms with Crippen molar-refractivity contribution in [3.63, 3.8) is 0 Å². The molecule has 0 unspecified atom stereocenters. The standard InChI is InChI=1S/C22H23N3O4/c1-3-5-13-25-21(27)18-12-7-6-11-17(18)19(24-25)20(26)23-16-10-8-9-15(14-16)22(28)29-4-2/h6-12,14H,3-5,13H2,1-2H3,(H,23,26). The summed E-state index contributed by atoms with van der Waals surface area (Å²) >= 11 is 0. The predicted octanol–water partition coefficient (Wildman–Crippen LogP) is 3.63. The minimum Gasteiger partial charge on any atom is -0.462 e. The predicted molar refractivity (Wildman–Crippen MR) is 111 cm³/mol. The molecule has 0 aliphatic heterocycles. The summed E-state index contributed by atoms with van der Waals surface area (Å²) in [6, 6.07) is 13.4. The van der Waals surface area contributed by atoms with Crippen LogP contribution in [0.25, 0.3) is 10.8 Å². The van der Waals surface area contributed by atoms with Gasteiger partial charge in [0, 0.05) is 17.6 Å². The van der Waals surface area contributed by atoms with Crippen LogP contribution in [0.4, 0.5) is 5.69 Å². The van der Waals surface area contributed by atoms with Crippen LogP contribution in [-0.2, 0) is 11.3 Å². The number of carbonyl (C=O) groups is 2. The Morgan fingerprint density at radius 2 is 1.83 bits per heavy atom. The lowest BCUT2D eigenvalue weighted by atomic mass is 10.1. The molecule has 2 aromatic carbocycles. The van der Waals surface area contributed by atoms with Gasteiger partial charge in [0.05, 0.1) is 17.6 Å². The highest BCUT2D eigenvalue weighted by Gasteiger charge is 2.17. The monoisotopic (exact) mass is 393 g/mol. The molecule has 7 heteroatoms. The highest BCUT2D eigenvalue weighted by atomic mass is 16.5. The zero-order chi connectivity index (χ0) is 20.8. The number of unbranched alkanes of at least 4 members (excludes halogenated alkanes) is 1. The molecule has 0 bridgehead atoms. The van der Waals surface area contributed by atoms with Gasteiger partial charge in [0.1, 0.15) is 0 Å². The van der Waals surface area contributed by atoms with Gasteiger partial charge in [0.15, 0.2) is 5.69 Å². The van der Waals surface area contributed by atoms with E-state index in [4.69, 9.17) is 4.74 Å². The Kier molecular flexibility index (Phi) is 6.39. The molecule has 0 atom stereocenters. The Morgan fingerprint density at radius 3 is 2.55 bits per heavy atom. The maximum atomic E-state index is 13.0.